The van der Waals surface area contributed by atoms with Crippen molar-refractivity contribution in [3.05, 3.63) is 27.3 Å². The van der Waals surface area contributed by atoms with Gasteiger partial charge < -0.3 is 10.5 Å². The molecule has 0 aliphatic carbocycles. The largest absolute Gasteiger partial charge is 0.465 e. The van der Waals surface area contributed by atoms with Gasteiger partial charge in [-0.2, -0.15) is 0 Å². The lowest BCUT2D eigenvalue weighted by atomic mass is 10.2. The van der Waals surface area contributed by atoms with Gasteiger partial charge in [-0.3, -0.25) is 0 Å². The number of anilines is 1. The summed E-state index contributed by atoms with van der Waals surface area (Å²) in [4.78, 5) is 11.9. The fourth-order valence-corrected chi connectivity index (χ4v) is 2.44. The van der Waals surface area contributed by atoms with Crippen molar-refractivity contribution in [3.63, 3.8) is 0 Å². The molecule has 3 nitrogen and oxygen atoms in total. The van der Waals surface area contributed by atoms with Gasteiger partial charge in [0.15, 0.2) is 0 Å². The first-order valence-electron chi connectivity index (χ1n) is 4.95. The van der Waals surface area contributed by atoms with Crippen LogP contribution < -0.4 is 15.5 Å². The summed E-state index contributed by atoms with van der Waals surface area (Å²) in [6, 6.07) is 0. The van der Waals surface area contributed by atoms with Crippen molar-refractivity contribution in [1.29, 1.82) is 0 Å². The van der Waals surface area contributed by atoms with Crippen LogP contribution in [0, 0.1) is 0 Å². The highest BCUT2D eigenvalue weighted by molar-refractivity contribution is 7.12. The second-order valence-corrected chi connectivity index (χ2v) is 4.18. The predicted octanol–water partition coefficient (Wildman–Crippen LogP) is 1.27. The van der Waals surface area contributed by atoms with E-state index >= 15 is 0 Å². The zero-order valence-electron chi connectivity index (χ0n) is 9.45. The molecular weight excluding hydrogens is 222 g/mol. The lowest BCUT2D eigenvalue weighted by Gasteiger charge is -1.95. The van der Waals surface area contributed by atoms with Gasteiger partial charge in [-0.1, -0.05) is 25.7 Å². The number of nitrogen functional groups attached to an aromatic ring is 1. The summed E-state index contributed by atoms with van der Waals surface area (Å²) in [5.74, 6) is -0.392. The van der Waals surface area contributed by atoms with E-state index in [1.165, 1.54) is 18.4 Å². The Labute approximate surface area is 98.5 Å². The zero-order chi connectivity index (χ0) is 12.1. The van der Waals surface area contributed by atoms with Gasteiger partial charge >= 0.3 is 5.97 Å². The minimum Gasteiger partial charge on any atom is -0.465 e. The Morgan fingerprint density at radius 2 is 2.31 bits per heavy atom. The van der Waals surface area contributed by atoms with E-state index in [0.29, 0.717) is 10.6 Å². The predicted molar refractivity (Wildman–Crippen MR) is 68.7 cm³/mol. The van der Waals surface area contributed by atoms with Gasteiger partial charge in [0.25, 0.3) is 0 Å². The highest BCUT2D eigenvalue weighted by Crippen LogP contribution is 2.11. The molecular formula is C12H15NO2S. The molecule has 0 fully saturated rings. The molecule has 0 aliphatic rings. The van der Waals surface area contributed by atoms with E-state index in [2.05, 4.69) is 11.3 Å². The Bertz CT molecular complexity index is 514. The highest BCUT2D eigenvalue weighted by atomic mass is 32.1. The molecule has 0 saturated carbocycles. The van der Waals surface area contributed by atoms with E-state index in [1.807, 2.05) is 19.1 Å². The van der Waals surface area contributed by atoms with E-state index in [4.69, 9.17) is 5.73 Å². The van der Waals surface area contributed by atoms with E-state index in [0.717, 1.165) is 16.2 Å². The van der Waals surface area contributed by atoms with Crippen molar-refractivity contribution < 1.29 is 9.53 Å². The fraction of sp³-hybridized carbons (Fsp3) is 0.250. The summed E-state index contributed by atoms with van der Waals surface area (Å²) in [5, 5.41) is 0.896. The first kappa shape index (κ1) is 12.5. The molecule has 0 unspecified atom stereocenters. The number of carbonyl (C=O) groups excluding carboxylic acids is 1. The molecule has 0 aromatic carbocycles. The minimum absolute atomic E-state index is 0.392. The average molecular weight is 237 g/mol. The van der Waals surface area contributed by atoms with Gasteiger partial charge in [0, 0.05) is 9.75 Å². The molecule has 4 heteroatoms. The third kappa shape index (κ3) is 2.33. The zero-order valence-corrected chi connectivity index (χ0v) is 10.3. The summed E-state index contributed by atoms with van der Waals surface area (Å²) in [6.45, 7) is 5.66. The van der Waals surface area contributed by atoms with Gasteiger partial charge in [-0.15, -0.1) is 11.3 Å². The van der Waals surface area contributed by atoms with Crippen LogP contribution in [0.5, 0.6) is 0 Å². The normalized spacial score (nSPS) is 12.9. The maximum Gasteiger partial charge on any atom is 0.350 e. The number of thiophene rings is 1. The Morgan fingerprint density at radius 3 is 2.81 bits per heavy atom. The molecule has 16 heavy (non-hydrogen) atoms. The van der Waals surface area contributed by atoms with Crippen LogP contribution in [0.15, 0.2) is 12.7 Å². The third-order valence-corrected chi connectivity index (χ3v) is 3.23. The number of nitrogens with two attached hydrogens (primary N) is 1. The van der Waals surface area contributed by atoms with Crippen LogP contribution in [0.3, 0.4) is 0 Å². The van der Waals surface area contributed by atoms with Crippen LogP contribution in [0.4, 0.5) is 5.69 Å². The molecule has 1 rings (SSSR count). The summed E-state index contributed by atoms with van der Waals surface area (Å²) >= 11 is 1.33. The molecule has 1 aromatic heterocycles. The first-order valence-corrected chi connectivity index (χ1v) is 5.76. The second-order valence-electron chi connectivity index (χ2n) is 3.13. The molecule has 1 heterocycles. The number of hydrogen-bond donors (Lipinski definition) is 1. The van der Waals surface area contributed by atoms with Gasteiger partial charge in [0.2, 0.25) is 0 Å². The number of ether oxygens (including phenoxy) is 1. The van der Waals surface area contributed by atoms with E-state index in [-0.39, 0.29) is 0 Å². The van der Waals surface area contributed by atoms with Crippen LogP contribution in [-0.2, 0) is 4.74 Å². The lowest BCUT2D eigenvalue weighted by Crippen LogP contribution is -2.21. The molecule has 0 atom stereocenters. The van der Waals surface area contributed by atoms with Crippen LogP contribution in [0.2, 0.25) is 0 Å². The molecule has 2 N–H and O–H groups in total. The minimum atomic E-state index is -0.392. The number of esters is 1. The number of carbonyl (C=O) groups is 1. The van der Waals surface area contributed by atoms with Crippen LogP contribution in [-0.4, -0.2) is 13.1 Å². The quantitative estimate of drug-likeness (QED) is 0.806. The Hall–Kier alpha value is -1.55. The molecule has 1 aromatic rings. The summed E-state index contributed by atoms with van der Waals surface area (Å²) in [7, 11) is 1.35. The molecule has 0 amide bonds. The first-order chi connectivity index (χ1) is 7.65. The van der Waals surface area contributed by atoms with Gasteiger partial charge in [0.1, 0.15) is 4.88 Å². The average Bonchev–Trinajstić information content (AvgIpc) is 2.58. The highest BCUT2D eigenvalue weighted by Gasteiger charge is 2.14. The number of allylic oxidation sites excluding steroid dienone is 1. The Morgan fingerprint density at radius 1 is 1.62 bits per heavy atom. The number of methoxy groups -OCH3 is 1. The smallest absolute Gasteiger partial charge is 0.350 e. The lowest BCUT2D eigenvalue weighted by molar-refractivity contribution is 0.0607. The van der Waals surface area contributed by atoms with Gasteiger partial charge in [-0.05, 0) is 12.5 Å². The Balaban J connectivity index is 3.54. The molecule has 0 spiro atoms. The summed E-state index contributed by atoms with van der Waals surface area (Å²) in [5.41, 5.74) is 6.41. The van der Waals surface area contributed by atoms with Crippen molar-refractivity contribution in [1.82, 2.24) is 0 Å². The second kappa shape index (κ2) is 5.51. The fourth-order valence-electron chi connectivity index (χ4n) is 1.36. The van der Waals surface area contributed by atoms with E-state index < -0.39 is 5.97 Å². The molecule has 0 radical (unpaired) electrons. The topological polar surface area (TPSA) is 52.3 Å². The van der Waals surface area contributed by atoms with Crippen molar-refractivity contribution in [2.24, 2.45) is 0 Å². The van der Waals surface area contributed by atoms with Gasteiger partial charge in [0.05, 0.1) is 12.8 Å². The van der Waals surface area contributed by atoms with Crippen molar-refractivity contribution >= 4 is 35.1 Å². The molecule has 86 valence electrons. The summed E-state index contributed by atoms with van der Waals surface area (Å²) < 4.78 is 5.62. The Kier molecular flexibility index (Phi) is 4.31. The van der Waals surface area contributed by atoms with Gasteiger partial charge in [-0.25, -0.2) is 4.79 Å². The van der Waals surface area contributed by atoms with Crippen LogP contribution in [0.25, 0.3) is 12.2 Å². The number of hydrogen-bond acceptors (Lipinski definition) is 4. The SMILES string of the molecule is C=C/C=c1/sc(C(=O)OC)c(N)/c1=C/CC. The van der Waals surface area contributed by atoms with Crippen molar-refractivity contribution in [2.45, 2.75) is 13.3 Å². The van der Waals surface area contributed by atoms with E-state index in [1.54, 1.807) is 6.08 Å². The molecule has 0 aliphatic heterocycles. The maximum atomic E-state index is 11.5. The monoisotopic (exact) mass is 237 g/mol. The van der Waals surface area contributed by atoms with Crippen LogP contribution >= 0.6 is 11.3 Å². The van der Waals surface area contributed by atoms with Crippen molar-refractivity contribution in [3.8, 4) is 0 Å². The third-order valence-electron chi connectivity index (χ3n) is 2.06. The summed E-state index contributed by atoms with van der Waals surface area (Å²) in [6.07, 6.45) is 6.38. The molecule has 0 saturated heterocycles. The number of rotatable bonds is 3. The maximum absolute atomic E-state index is 11.5. The van der Waals surface area contributed by atoms with Crippen LogP contribution in [0.1, 0.15) is 23.0 Å². The molecule has 0 bridgehead atoms. The van der Waals surface area contributed by atoms with E-state index in [9.17, 15) is 4.79 Å². The standard InChI is InChI=1S/C12H15NO2S/c1-4-6-8-9(7-5-2)16-11(10(8)13)12(14)15-3/h5-7H,2,4,13H2,1,3H3/b8-6+,9-7+. The van der Waals surface area contributed by atoms with Crippen molar-refractivity contribution in [2.75, 3.05) is 12.8 Å².